The van der Waals surface area contributed by atoms with Crippen LogP contribution in [-0.2, 0) is 0 Å². The third kappa shape index (κ3) is 2.47. The number of rotatable bonds is 3. The van der Waals surface area contributed by atoms with Crippen LogP contribution in [0.5, 0.6) is 17.5 Å². The van der Waals surface area contributed by atoms with E-state index in [0.717, 1.165) is 11.3 Å². The third-order valence-electron chi connectivity index (χ3n) is 2.37. The van der Waals surface area contributed by atoms with Gasteiger partial charge in [0.2, 0.25) is 11.8 Å². The molecule has 2 aromatic rings. The molecule has 17 heavy (non-hydrogen) atoms. The van der Waals surface area contributed by atoms with Gasteiger partial charge in [-0.25, -0.2) is 0 Å². The molecular weight excluding hydrogens is 216 g/mol. The van der Waals surface area contributed by atoms with Crippen LogP contribution in [0, 0.1) is 6.92 Å². The van der Waals surface area contributed by atoms with Crippen molar-refractivity contribution in [3.63, 3.8) is 0 Å². The Morgan fingerprint density at radius 1 is 1.12 bits per heavy atom. The molecule has 0 saturated heterocycles. The lowest BCUT2D eigenvalue weighted by molar-refractivity contribution is 0.384. The van der Waals surface area contributed by atoms with E-state index in [9.17, 15) is 0 Å². The zero-order valence-corrected chi connectivity index (χ0v) is 9.81. The van der Waals surface area contributed by atoms with E-state index < -0.39 is 0 Å². The molecule has 2 rings (SSSR count). The van der Waals surface area contributed by atoms with Crippen molar-refractivity contribution < 1.29 is 9.47 Å². The van der Waals surface area contributed by atoms with Crippen molar-refractivity contribution in [3.8, 4) is 17.5 Å². The highest BCUT2D eigenvalue weighted by molar-refractivity contribution is 5.51. The van der Waals surface area contributed by atoms with E-state index in [2.05, 4.69) is 4.98 Å². The van der Waals surface area contributed by atoms with Crippen LogP contribution < -0.4 is 15.2 Å². The van der Waals surface area contributed by atoms with Crippen molar-refractivity contribution >= 4 is 5.69 Å². The van der Waals surface area contributed by atoms with Crippen molar-refractivity contribution in [1.29, 1.82) is 0 Å². The second kappa shape index (κ2) is 4.74. The lowest BCUT2D eigenvalue weighted by Gasteiger charge is -2.10. The molecule has 0 aliphatic rings. The lowest BCUT2D eigenvalue weighted by Crippen LogP contribution is -1.97. The van der Waals surface area contributed by atoms with E-state index in [1.54, 1.807) is 19.2 Å². The maximum absolute atomic E-state index is 5.80. The van der Waals surface area contributed by atoms with Gasteiger partial charge in [-0.3, -0.25) is 0 Å². The highest BCUT2D eigenvalue weighted by atomic mass is 16.5. The fourth-order valence-corrected chi connectivity index (χ4v) is 1.40. The largest absolute Gasteiger partial charge is 0.481 e. The van der Waals surface area contributed by atoms with Gasteiger partial charge in [0.15, 0.2) is 0 Å². The summed E-state index contributed by atoms with van der Waals surface area (Å²) in [6, 6.07) is 11.1. The quantitative estimate of drug-likeness (QED) is 0.880. The molecule has 0 radical (unpaired) electrons. The number of aryl methyl sites for hydroxylation is 1. The minimum absolute atomic E-state index is 0.360. The average Bonchev–Trinajstić information content (AvgIpc) is 2.35. The Kier molecular flexibility index (Phi) is 3.14. The Bertz CT molecular complexity index is 527. The van der Waals surface area contributed by atoms with Gasteiger partial charge in [-0.05, 0) is 24.6 Å². The second-order valence-electron chi connectivity index (χ2n) is 3.62. The van der Waals surface area contributed by atoms with Gasteiger partial charge in [-0.1, -0.05) is 18.2 Å². The van der Waals surface area contributed by atoms with Crippen LogP contribution in [-0.4, -0.2) is 12.1 Å². The van der Waals surface area contributed by atoms with Crippen molar-refractivity contribution in [1.82, 2.24) is 4.98 Å². The number of para-hydroxylation sites is 1. The zero-order valence-electron chi connectivity index (χ0n) is 9.81. The molecule has 0 spiro atoms. The van der Waals surface area contributed by atoms with E-state index in [1.807, 2.05) is 31.2 Å². The van der Waals surface area contributed by atoms with Crippen LogP contribution in [0.25, 0.3) is 0 Å². The number of aromatic nitrogens is 1. The summed E-state index contributed by atoms with van der Waals surface area (Å²) in [6.07, 6.45) is 0. The molecule has 0 atom stereocenters. The first-order valence-electron chi connectivity index (χ1n) is 5.24. The van der Waals surface area contributed by atoms with Crippen molar-refractivity contribution in [2.45, 2.75) is 6.92 Å². The molecule has 1 aromatic carbocycles. The zero-order chi connectivity index (χ0) is 12.3. The molecule has 4 nitrogen and oxygen atoms in total. The molecular formula is C13H14N2O2. The Labute approximate surface area is 100 Å². The van der Waals surface area contributed by atoms with E-state index in [0.29, 0.717) is 17.4 Å². The average molecular weight is 230 g/mol. The summed E-state index contributed by atoms with van der Waals surface area (Å²) in [4.78, 5) is 4.16. The van der Waals surface area contributed by atoms with Gasteiger partial charge in [-0.15, -0.1) is 0 Å². The smallest absolute Gasteiger partial charge is 0.246 e. The molecule has 4 heteroatoms. The minimum atomic E-state index is 0.360. The fraction of sp³-hybridized carbons (Fsp3) is 0.154. The monoisotopic (exact) mass is 230 g/mol. The molecule has 0 aliphatic heterocycles. The number of anilines is 1. The molecule has 0 unspecified atom stereocenters. The number of hydrogen-bond acceptors (Lipinski definition) is 4. The molecule has 0 bridgehead atoms. The first kappa shape index (κ1) is 11.3. The summed E-state index contributed by atoms with van der Waals surface area (Å²) >= 11 is 0. The molecule has 1 aromatic heterocycles. The van der Waals surface area contributed by atoms with Crippen LogP contribution in [0.15, 0.2) is 36.4 Å². The van der Waals surface area contributed by atoms with Crippen molar-refractivity contribution in [3.05, 3.63) is 42.0 Å². The van der Waals surface area contributed by atoms with E-state index >= 15 is 0 Å². The Morgan fingerprint density at radius 3 is 2.59 bits per heavy atom. The number of nitrogens with zero attached hydrogens (tertiary/aromatic N) is 1. The van der Waals surface area contributed by atoms with Gasteiger partial charge in [0.1, 0.15) is 5.75 Å². The molecule has 88 valence electrons. The molecule has 1 heterocycles. The number of pyridine rings is 1. The van der Waals surface area contributed by atoms with Gasteiger partial charge >= 0.3 is 0 Å². The maximum Gasteiger partial charge on any atom is 0.246 e. The highest BCUT2D eigenvalue weighted by Gasteiger charge is 2.07. The van der Waals surface area contributed by atoms with Crippen molar-refractivity contribution in [2.75, 3.05) is 12.8 Å². The number of nitrogens with two attached hydrogens (primary N) is 1. The lowest BCUT2D eigenvalue weighted by atomic mass is 10.2. The summed E-state index contributed by atoms with van der Waals surface area (Å²) in [5, 5.41) is 0. The van der Waals surface area contributed by atoms with Gasteiger partial charge < -0.3 is 15.2 Å². The maximum atomic E-state index is 5.80. The topological polar surface area (TPSA) is 57.4 Å². The van der Waals surface area contributed by atoms with E-state index in [4.69, 9.17) is 15.2 Å². The standard InChI is InChI=1S/C13H14N2O2/c1-9-5-3-4-6-11(9)17-13-10(14)7-8-12(15-13)16-2/h3-8H,14H2,1-2H3. The Morgan fingerprint density at radius 2 is 1.88 bits per heavy atom. The highest BCUT2D eigenvalue weighted by Crippen LogP contribution is 2.29. The minimum Gasteiger partial charge on any atom is -0.481 e. The van der Waals surface area contributed by atoms with Gasteiger partial charge in [0.05, 0.1) is 12.8 Å². The van der Waals surface area contributed by atoms with Crippen LogP contribution in [0.2, 0.25) is 0 Å². The SMILES string of the molecule is COc1ccc(N)c(Oc2ccccc2C)n1. The Hall–Kier alpha value is -2.23. The van der Waals surface area contributed by atoms with Gasteiger partial charge in [0.25, 0.3) is 0 Å². The van der Waals surface area contributed by atoms with Crippen LogP contribution in [0.3, 0.4) is 0 Å². The molecule has 0 saturated carbocycles. The first-order chi connectivity index (χ1) is 8.20. The number of nitrogen functional groups attached to an aromatic ring is 1. The number of methoxy groups -OCH3 is 1. The predicted octanol–water partition coefficient (Wildman–Crippen LogP) is 2.77. The van der Waals surface area contributed by atoms with Crippen LogP contribution >= 0.6 is 0 Å². The number of ether oxygens (including phenoxy) is 2. The fourth-order valence-electron chi connectivity index (χ4n) is 1.40. The normalized spacial score (nSPS) is 10.0. The summed E-state index contributed by atoms with van der Waals surface area (Å²) in [7, 11) is 1.55. The number of benzene rings is 1. The number of hydrogen-bond donors (Lipinski definition) is 1. The van der Waals surface area contributed by atoms with E-state index in [-0.39, 0.29) is 0 Å². The van der Waals surface area contributed by atoms with Crippen molar-refractivity contribution in [2.24, 2.45) is 0 Å². The summed E-state index contributed by atoms with van der Waals surface area (Å²) in [5.74, 6) is 1.57. The summed E-state index contributed by atoms with van der Waals surface area (Å²) in [6.45, 7) is 1.96. The predicted molar refractivity (Wildman–Crippen MR) is 66.5 cm³/mol. The Balaban J connectivity index is 2.32. The summed E-state index contributed by atoms with van der Waals surface area (Å²) < 4.78 is 10.7. The summed E-state index contributed by atoms with van der Waals surface area (Å²) in [5.41, 5.74) is 7.30. The van der Waals surface area contributed by atoms with Gasteiger partial charge in [0, 0.05) is 6.07 Å². The third-order valence-corrected chi connectivity index (χ3v) is 2.37. The van der Waals surface area contributed by atoms with Crippen LogP contribution in [0.1, 0.15) is 5.56 Å². The molecule has 0 amide bonds. The van der Waals surface area contributed by atoms with E-state index in [1.165, 1.54) is 0 Å². The molecule has 0 fully saturated rings. The first-order valence-corrected chi connectivity index (χ1v) is 5.24. The van der Waals surface area contributed by atoms with Gasteiger partial charge in [-0.2, -0.15) is 4.98 Å². The molecule has 2 N–H and O–H groups in total. The second-order valence-corrected chi connectivity index (χ2v) is 3.62. The molecule has 0 aliphatic carbocycles. The van der Waals surface area contributed by atoms with Crippen LogP contribution in [0.4, 0.5) is 5.69 Å².